The Hall–Kier alpha value is -3.21. The van der Waals surface area contributed by atoms with Gasteiger partial charge in [0, 0.05) is 28.8 Å². The maximum atomic E-state index is 13.1. The summed E-state index contributed by atoms with van der Waals surface area (Å²) < 4.78 is 53.3. The van der Waals surface area contributed by atoms with Crippen molar-refractivity contribution in [1.82, 2.24) is 9.55 Å². The molecule has 3 aromatic rings. The molecule has 0 saturated heterocycles. The van der Waals surface area contributed by atoms with Crippen LogP contribution in [0, 0.1) is 12.7 Å². The molecule has 0 aliphatic heterocycles. The summed E-state index contributed by atoms with van der Waals surface area (Å²) in [5.74, 6) is -1.37. The molecule has 0 atom stereocenters. The van der Waals surface area contributed by atoms with Crippen LogP contribution < -0.4 is 5.73 Å². The summed E-state index contributed by atoms with van der Waals surface area (Å²) in [6.07, 6.45) is -3.65. The van der Waals surface area contributed by atoms with Crippen molar-refractivity contribution >= 4 is 27.7 Å². The Labute approximate surface area is 182 Å². The number of benzene rings is 2. The molecule has 0 aliphatic rings. The van der Waals surface area contributed by atoms with E-state index < -0.39 is 23.7 Å². The van der Waals surface area contributed by atoms with Gasteiger partial charge in [0.2, 0.25) is 0 Å². The van der Waals surface area contributed by atoms with Crippen molar-refractivity contribution in [3.05, 3.63) is 75.3 Å². The zero-order chi connectivity index (χ0) is 22.9. The quantitative estimate of drug-likeness (QED) is 0.184. The van der Waals surface area contributed by atoms with Crippen LogP contribution in [-0.4, -0.2) is 21.4 Å². The van der Waals surface area contributed by atoms with Gasteiger partial charge in [0.25, 0.3) is 0 Å². The summed E-state index contributed by atoms with van der Waals surface area (Å²) in [5, 5.41) is 3.61. The van der Waals surface area contributed by atoms with E-state index in [1.54, 1.807) is 13.0 Å². The van der Waals surface area contributed by atoms with E-state index in [1.165, 1.54) is 29.8 Å². The summed E-state index contributed by atoms with van der Waals surface area (Å²) in [6.45, 7) is 1.67. The standard InChI is InChI=1S/C20H15BrF4N4O2/c1-10-7-11(18-27-16(9-29(18)2)20(23,24)25)3-5-13(10)17(26)28-31-19(30)14-6-4-12(22)8-15(14)21/h3-9H,1-2H3,(H2,26,28). The van der Waals surface area contributed by atoms with Crippen LogP contribution in [0.4, 0.5) is 17.6 Å². The third-order valence-electron chi connectivity index (χ3n) is 4.31. The SMILES string of the molecule is Cc1cc(-c2nc(C(F)(F)F)cn2C)ccc1C(N)=NOC(=O)c1ccc(F)cc1Br. The van der Waals surface area contributed by atoms with Gasteiger partial charge in [0.15, 0.2) is 11.5 Å². The van der Waals surface area contributed by atoms with Crippen LogP contribution in [0.25, 0.3) is 11.4 Å². The minimum absolute atomic E-state index is 0.0558. The number of oxime groups is 1. The van der Waals surface area contributed by atoms with Gasteiger partial charge in [0.05, 0.1) is 5.56 Å². The Morgan fingerprint density at radius 1 is 1.19 bits per heavy atom. The molecule has 2 N–H and O–H groups in total. The second kappa shape index (κ2) is 8.50. The molecule has 2 aromatic carbocycles. The van der Waals surface area contributed by atoms with Gasteiger partial charge in [0.1, 0.15) is 11.6 Å². The van der Waals surface area contributed by atoms with Gasteiger partial charge in [-0.3, -0.25) is 0 Å². The Balaban J connectivity index is 1.82. The molecular formula is C20H15BrF4N4O2. The summed E-state index contributed by atoms with van der Waals surface area (Å²) in [6, 6.07) is 8.10. The molecule has 1 heterocycles. The second-order valence-electron chi connectivity index (χ2n) is 6.57. The van der Waals surface area contributed by atoms with Crippen molar-refractivity contribution in [3.8, 4) is 11.4 Å². The number of aromatic nitrogens is 2. The Kier molecular flexibility index (Phi) is 6.16. The topological polar surface area (TPSA) is 82.5 Å². The number of amidine groups is 1. The number of imidazole rings is 1. The first kappa shape index (κ1) is 22.5. The highest BCUT2D eigenvalue weighted by molar-refractivity contribution is 9.10. The van der Waals surface area contributed by atoms with Gasteiger partial charge in [-0.05, 0) is 52.7 Å². The van der Waals surface area contributed by atoms with Crippen LogP contribution in [0.15, 0.2) is 52.2 Å². The highest BCUT2D eigenvalue weighted by Crippen LogP contribution is 2.31. The van der Waals surface area contributed by atoms with Crippen LogP contribution in [0.2, 0.25) is 0 Å². The van der Waals surface area contributed by atoms with Crippen molar-refractivity contribution in [3.63, 3.8) is 0 Å². The lowest BCUT2D eigenvalue weighted by Crippen LogP contribution is -2.17. The monoisotopic (exact) mass is 498 g/mol. The molecular weight excluding hydrogens is 484 g/mol. The molecule has 0 saturated carbocycles. The largest absolute Gasteiger partial charge is 0.434 e. The lowest BCUT2D eigenvalue weighted by atomic mass is 10.0. The van der Waals surface area contributed by atoms with Crippen LogP contribution in [0.5, 0.6) is 0 Å². The Bertz CT molecular complexity index is 1190. The van der Waals surface area contributed by atoms with E-state index in [9.17, 15) is 22.4 Å². The van der Waals surface area contributed by atoms with Crippen molar-refractivity contribution in [2.24, 2.45) is 17.9 Å². The van der Waals surface area contributed by atoms with Gasteiger partial charge in [-0.1, -0.05) is 17.3 Å². The zero-order valence-corrected chi connectivity index (χ0v) is 17.8. The molecule has 6 nitrogen and oxygen atoms in total. The molecule has 0 amide bonds. The fourth-order valence-corrected chi connectivity index (χ4v) is 3.32. The van der Waals surface area contributed by atoms with Crippen molar-refractivity contribution < 1.29 is 27.2 Å². The van der Waals surface area contributed by atoms with Crippen molar-refractivity contribution in [2.75, 3.05) is 0 Å². The lowest BCUT2D eigenvalue weighted by molar-refractivity contribution is -0.140. The van der Waals surface area contributed by atoms with Crippen LogP contribution in [0.1, 0.15) is 27.2 Å². The number of aryl methyl sites for hydroxylation is 2. The van der Waals surface area contributed by atoms with Gasteiger partial charge >= 0.3 is 12.1 Å². The number of rotatable bonds is 4. The molecule has 11 heteroatoms. The normalized spacial score (nSPS) is 12.2. The molecule has 162 valence electrons. The third-order valence-corrected chi connectivity index (χ3v) is 4.96. The summed E-state index contributed by atoms with van der Waals surface area (Å²) in [7, 11) is 1.46. The van der Waals surface area contributed by atoms with E-state index in [0.29, 0.717) is 16.7 Å². The minimum Gasteiger partial charge on any atom is -0.380 e. The number of hydrogen-bond donors (Lipinski definition) is 1. The number of nitrogens with zero attached hydrogens (tertiary/aromatic N) is 3. The molecule has 31 heavy (non-hydrogen) atoms. The van der Waals surface area contributed by atoms with Crippen LogP contribution in [0.3, 0.4) is 0 Å². The molecule has 0 aliphatic carbocycles. The average Bonchev–Trinajstić information content (AvgIpc) is 3.08. The van der Waals surface area contributed by atoms with Crippen LogP contribution in [-0.2, 0) is 18.1 Å². The third kappa shape index (κ3) is 4.93. The van der Waals surface area contributed by atoms with Crippen molar-refractivity contribution in [1.29, 1.82) is 0 Å². The molecule has 0 fully saturated rings. The predicted molar refractivity (Wildman–Crippen MR) is 109 cm³/mol. The number of carbonyl (C=O) groups is 1. The fraction of sp³-hybridized carbons (Fsp3) is 0.150. The van der Waals surface area contributed by atoms with E-state index in [1.807, 2.05) is 0 Å². The number of alkyl halides is 3. The minimum atomic E-state index is -4.55. The van der Waals surface area contributed by atoms with Gasteiger partial charge in [-0.25, -0.2) is 14.2 Å². The van der Waals surface area contributed by atoms with Crippen LogP contribution >= 0.6 is 15.9 Å². The molecule has 1 aromatic heterocycles. The average molecular weight is 499 g/mol. The molecule has 0 unspecified atom stereocenters. The number of hydrogen-bond acceptors (Lipinski definition) is 4. The van der Waals surface area contributed by atoms with Gasteiger partial charge in [-0.15, -0.1) is 0 Å². The number of carbonyl (C=O) groups excluding carboxylic acids is 1. The number of halogens is 5. The first-order chi connectivity index (χ1) is 14.5. The van der Waals surface area contributed by atoms with E-state index >= 15 is 0 Å². The maximum Gasteiger partial charge on any atom is 0.434 e. The summed E-state index contributed by atoms with van der Waals surface area (Å²) >= 11 is 3.06. The molecule has 0 radical (unpaired) electrons. The summed E-state index contributed by atoms with van der Waals surface area (Å²) in [5.41, 5.74) is 6.40. The second-order valence-corrected chi connectivity index (χ2v) is 7.42. The number of nitrogens with two attached hydrogens (primary N) is 1. The van der Waals surface area contributed by atoms with E-state index in [-0.39, 0.29) is 21.7 Å². The first-order valence-electron chi connectivity index (χ1n) is 8.69. The van der Waals surface area contributed by atoms with Crippen molar-refractivity contribution in [2.45, 2.75) is 13.1 Å². The highest BCUT2D eigenvalue weighted by Gasteiger charge is 2.34. The van der Waals surface area contributed by atoms with E-state index in [4.69, 9.17) is 10.6 Å². The first-order valence-corrected chi connectivity index (χ1v) is 9.48. The Morgan fingerprint density at radius 2 is 1.87 bits per heavy atom. The molecule has 3 rings (SSSR count). The van der Waals surface area contributed by atoms with E-state index in [0.717, 1.165) is 18.3 Å². The lowest BCUT2D eigenvalue weighted by Gasteiger charge is -2.08. The zero-order valence-electron chi connectivity index (χ0n) is 16.2. The van der Waals surface area contributed by atoms with E-state index in [2.05, 4.69) is 26.1 Å². The highest BCUT2D eigenvalue weighted by atomic mass is 79.9. The molecule has 0 bridgehead atoms. The fourth-order valence-electron chi connectivity index (χ4n) is 2.81. The molecule has 0 spiro atoms. The maximum absolute atomic E-state index is 13.1. The summed E-state index contributed by atoms with van der Waals surface area (Å²) in [4.78, 5) is 20.6. The van der Waals surface area contributed by atoms with Gasteiger partial charge in [-0.2, -0.15) is 13.2 Å². The Morgan fingerprint density at radius 3 is 2.45 bits per heavy atom. The van der Waals surface area contributed by atoms with Gasteiger partial charge < -0.3 is 15.1 Å². The smallest absolute Gasteiger partial charge is 0.380 e. The predicted octanol–water partition coefficient (Wildman–Crippen LogP) is 4.79.